The van der Waals surface area contributed by atoms with Crippen LogP contribution in [0.3, 0.4) is 0 Å². The molecule has 4 rings (SSSR count). The Labute approximate surface area is 150 Å². The van der Waals surface area contributed by atoms with Crippen LogP contribution in [0.4, 0.5) is 11.6 Å². The monoisotopic (exact) mass is 347 g/mol. The molecule has 0 fully saturated rings. The fourth-order valence-electron chi connectivity index (χ4n) is 2.84. The number of hydrogen-bond acceptors (Lipinski definition) is 4. The van der Waals surface area contributed by atoms with Crippen molar-refractivity contribution in [2.45, 2.75) is 19.4 Å². The van der Waals surface area contributed by atoms with Crippen LogP contribution in [0, 0.1) is 6.92 Å². The summed E-state index contributed by atoms with van der Waals surface area (Å²) in [6, 6.07) is 16.3. The van der Waals surface area contributed by atoms with Crippen LogP contribution in [0.25, 0.3) is 11.4 Å². The first-order valence-corrected chi connectivity index (χ1v) is 8.29. The quantitative estimate of drug-likeness (QED) is 0.759. The molecule has 2 amide bonds. The second-order valence-corrected chi connectivity index (χ2v) is 6.19. The lowest BCUT2D eigenvalue weighted by Gasteiger charge is -2.10. The van der Waals surface area contributed by atoms with Crippen LogP contribution in [-0.2, 0) is 9.59 Å². The molecular weight excluding hydrogens is 330 g/mol. The topological polar surface area (TPSA) is 88.9 Å². The first kappa shape index (κ1) is 16.0. The lowest BCUT2D eigenvalue weighted by Crippen LogP contribution is -2.23. The number of fused-ring (bicyclic) bond motifs is 1. The normalized spacial score (nSPS) is 15.4. The van der Waals surface area contributed by atoms with Gasteiger partial charge in [-0.3, -0.25) is 14.9 Å². The van der Waals surface area contributed by atoms with Gasteiger partial charge in [0.2, 0.25) is 11.9 Å². The van der Waals surface area contributed by atoms with Crippen molar-refractivity contribution in [1.82, 2.24) is 14.8 Å². The summed E-state index contributed by atoms with van der Waals surface area (Å²) in [6.45, 7) is 1.98. The third-order valence-electron chi connectivity index (χ3n) is 4.21. The predicted molar refractivity (Wildman–Crippen MR) is 97.6 cm³/mol. The Kier molecular flexibility index (Phi) is 3.96. The standard InChI is InChI=1S/C19H17N5O2/c1-12-7-9-14(10-8-12)20-16(25)11-15-18(26)22-19-21-17(23-24(15)19)13-5-3-2-4-6-13/h2-10,15H,11H2,1H3,(H,20,25)(H,21,22,23,26). The van der Waals surface area contributed by atoms with Crippen LogP contribution < -0.4 is 10.6 Å². The third kappa shape index (κ3) is 3.06. The van der Waals surface area contributed by atoms with Gasteiger partial charge in [0.15, 0.2) is 5.82 Å². The van der Waals surface area contributed by atoms with Crippen molar-refractivity contribution >= 4 is 23.5 Å². The Bertz CT molecular complexity index is 963. The molecule has 0 radical (unpaired) electrons. The molecular formula is C19H17N5O2. The fraction of sp³-hybridized carbons (Fsp3) is 0.158. The van der Waals surface area contributed by atoms with Gasteiger partial charge < -0.3 is 5.32 Å². The molecule has 1 atom stereocenters. The molecule has 2 N–H and O–H groups in total. The molecule has 1 unspecified atom stereocenters. The van der Waals surface area contributed by atoms with E-state index in [0.717, 1.165) is 11.1 Å². The minimum atomic E-state index is -0.708. The maximum absolute atomic E-state index is 12.3. The third-order valence-corrected chi connectivity index (χ3v) is 4.21. The number of carbonyl (C=O) groups excluding carboxylic acids is 2. The summed E-state index contributed by atoms with van der Waals surface area (Å²) in [4.78, 5) is 28.9. The van der Waals surface area contributed by atoms with Gasteiger partial charge >= 0.3 is 0 Å². The van der Waals surface area contributed by atoms with Gasteiger partial charge in [0.25, 0.3) is 5.91 Å². The highest BCUT2D eigenvalue weighted by Gasteiger charge is 2.35. The highest BCUT2D eigenvalue weighted by molar-refractivity contribution is 6.01. The zero-order valence-electron chi connectivity index (χ0n) is 14.1. The summed E-state index contributed by atoms with van der Waals surface area (Å²) in [5.74, 6) is 0.351. The number of benzene rings is 2. The molecule has 0 spiro atoms. The molecule has 26 heavy (non-hydrogen) atoms. The van der Waals surface area contributed by atoms with Crippen molar-refractivity contribution in [1.29, 1.82) is 0 Å². The summed E-state index contributed by atoms with van der Waals surface area (Å²) in [5, 5.41) is 9.90. The SMILES string of the molecule is Cc1ccc(NC(=O)CC2C(=O)Nc3nc(-c4ccccc4)nn32)cc1. The number of aromatic nitrogens is 3. The van der Waals surface area contributed by atoms with E-state index in [2.05, 4.69) is 20.7 Å². The van der Waals surface area contributed by atoms with E-state index in [-0.39, 0.29) is 18.2 Å². The van der Waals surface area contributed by atoms with Crippen molar-refractivity contribution in [3.05, 3.63) is 60.2 Å². The molecule has 1 aliphatic heterocycles. The second-order valence-electron chi connectivity index (χ2n) is 6.19. The average molecular weight is 347 g/mol. The van der Waals surface area contributed by atoms with Gasteiger partial charge in [0.1, 0.15) is 6.04 Å². The van der Waals surface area contributed by atoms with Gasteiger partial charge in [-0.1, -0.05) is 48.0 Å². The molecule has 0 saturated carbocycles. The molecule has 7 heteroatoms. The average Bonchev–Trinajstić information content (AvgIpc) is 3.17. The number of anilines is 2. The van der Waals surface area contributed by atoms with Gasteiger partial charge in [-0.2, -0.15) is 4.98 Å². The largest absolute Gasteiger partial charge is 0.326 e. The predicted octanol–water partition coefficient (Wildman–Crippen LogP) is 2.78. The Balaban J connectivity index is 1.51. The van der Waals surface area contributed by atoms with Crippen LogP contribution in [0.15, 0.2) is 54.6 Å². The summed E-state index contributed by atoms with van der Waals surface area (Å²) in [7, 11) is 0. The van der Waals surface area contributed by atoms with E-state index in [9.17, 15) is 9.59 Å². The van der Waals surface area contributed by atoms with Gasteiger partial charge in [0, 0.05) is 11.3 Å². The van der Waals surface area contributed by atoms with E-state index in [4.69, 9.17) is 0 Å². The summed E-state index contributed by atoms with van der Waals surface area (Å²) >= 11 is 0. The molecule has 130 valence electrons. The van der Waals surface area contributed by atoms with Gasteiger partial charge in [-0.15, -0.1) is 5.10 Å². The molecule has 2 aromatic carbocycles. The van der Waals surface area contributed by atoms with Crippen molar-refractivity contribution in [2.75, 3.05) is 10.6 Å². The smallest absolute Gasteiger partial charge is 0.252 e. The zero-order valence-corrected chi connectivity index (χ0v) is 14.1. The number of nitrogens with one attached hydrogen (secondary N) is 2. The Hall–Kier alpha value is -3.48. The number of amides is 2. The van der Waals surface area contributed by atoms with Crippen LogP contribution >= 0.6 is 0 Å². The number of carbonyl (C=O) groups is 2. The molecule has 0 saturated heterocycles. The van der Waals surface area contributed by atoms with Crippen molar-refractivity contribution in [3.8, 4) is 11.4 Å². The highest BCUT2D eigenvalue weighted by Crippen LogP contribution is 2.28. The van der Waals surface area contributed by atoms with E-state index >= 15 is 0 Å². The van der Waals surface area contributed by atoms with E-state index in [1.807, 2.05) is 61.5 Å². The number of nitrogens with zero attached hydrogens (tertiary/aromatic N) is 3. The van der Waals surface area contributed by atoms with E-state index < -0.39 is 6.04 Å². The van der Waals surface area contributed by atoms with Crippen molar-refractivity contribution in [3.63, 3.8) is 0 Å². The lowest BCUT2D eigenvalue weighted by molar-refractivity contribution is -0.123. The van der Waals surface area contributed by atoms with Crippen molar-refractivity contribution in [2.24, 2.45) is 0 Å². The maximum atomic E-state index is 12.3. The van der Waals surface area contributed by atoms with Gasteiger partial charge in [-0.05, 0) is 19.1 Å². The molecule has 1 aliphatic rings. The molecule has 7 nitrogen and oxygen atoms in total. The number of rotatable bonds is 4. The minimum Gasteiger partial charge on any atom is -0.326 e. The zero-order chi connectivity index (χ0) is 18.1. The first-order chi connectivity index (χ1) is 12.6. The molecule has 3 aromatic rings. The molecule has 0 aliphatic carbocycles. The van der Waals surface area contributed by atoms with Crippen molar-refractivity contribution < 1.29 is 9.59 Å². The van der Waals surface area contributed by atoms with E-state index in [1.54, 1.807) is 0 Å². The molecule has 2 heterocycles. The van der Waals surface area contributed by atoms with E-state index in [1.165, 1.54) is 4.68 Å². The highest BCUT2D eigenvalue weighted by atomic mass is 16.2. The second kappa shape index (κ2) is 6.44. The summed E-state index contributed by atoms with van der Waals surface area (Å²) < 4.78 is 1.49. The van der Waals surface area contributed by atoms with Crippen LogP contribution in [0.2, 0.25) is 0 Å². The Morgan fingerprint density at radius 1 is 1.15 bits per heavy atom. The molecule has 0 bridgehead atoms. The number of hydrogen-bond donors (Lipinski definition) is 2. The van der Waals surface area contributed by atoms with Crippen LogP contribution in [-0.4, -0.2) is 26.6 Å². The fourth-order valence-corrected chi connectivity index (χ4v) is 2.84. The summed E-state index contributed by atoms with van der Waals surface area (Å²) in [6.07, 6.45) is -0.00962. The van der Waals surface area contributed by atoms with Crippen LogP contribution in [0.1, 0.15) is 18.0 Å². The Morgan fingerprint density at radius 3 is 2.62 bits per heavy atom. The minimum absolute atomic E-state index is 0.00962. The number of aryl methyl sites for hydroxylation is 1. The van der Waals surface area contributed by atoms with E-state index in [0.29, 0.717) is 17.5 Å². The first-order valence-electron chi connectivity index (χ1n) is 8.29. The van der Waals surface area contributed by atoms with Gasteiger partial charge in [-0.25, -0.2) is 4.68 Å². The Morgan fingerprint density at radius 2 is 1.88 bits per heavy atom. The lowest BCUT2D eigenvalue weighted by atomic mass is 10.2. The maximum Gasteiger partial charge on any atom is 0.252 e. The summed E-state index contributed by atoms with van der Waals surface area (Å²) in [5.41, 5.74) is 2.66. The molecule has 1 aromatic heterocycles. The van der Waals surface area contributed by atoms with Gasteiger partial charge in [0.05, 0.1) is 6.42 Å². The van der Waals surface area contributed by atoms with Crippen LogP contribution in [0.5, 0.6) is 0 Å².